The molecule has 28 heavy (non-hydrogen) atoms. The number of amides is 3. The lowest BCUT2D eigenvalue weighted by Crippen LogP contribution is -2.36. The predicted molar refractivity (Wildman–Crippen MR) is 101 cm³/mol. The number of imide groups is 1. The summed E-state index contributed by atoms with van der Waals surface area (Å²) in [6, 6.07) is 11.5. The molecular weight excluding hydrogens is 387 g/mol. The van der Waals surface area contributed by atoms with E-state index in [1.54, 1.807) is 12.1 Å². The van der Waals surface area contributed by atoms with Crippen LogP contribution in [0.4, 0.5) is 14.9 Å². The van der Waals surface area contributed by atoms with E-state index in [1.807, 2.05) is 0 Å². The fourth-order valence-electron chi connectivity index (χ4n) is 2.48. The molecule has 0 aliphatic carbocycles. The summed E-state index contributed by atoms with van der Waals surface area (Å²) in [5, 5.41) is 10.8. The van der Waals surface area contributed by atoms with Crippen LogP contribution < -0.4 is 5.32 Å². The van der Waals surface area contributed by atoms with Crippen molar-refractivity contribution in [3.63, 3.8) is 0 Å². The Bertz CT molecular complexity index is 1020. The third-order valence-corrected chi connectivity index (χ3v) is 4.71. The second kappa shape index (κ2) is 8.05. The fourth-order valence-corrected chi connectivity index (χ4v) is 3.31. The van der Waals surface area contributed by atoms with Crippen molar-refractivity contribution in [3.8, 4) is 0 Å². The maximum absolute atomic E-state index is 13.7. The van der Waals surface area contributed by atoms with Crippen LogP contribution in [0.3, 0.4) is 0 Å². The van der Waals surface area contributed by atoms with Crippen molar-refractivity contribution in [1.82, 2.24) is 4.90 Å². The zero-order valence-electron chi connectivity index (χ0n) is 14.2. The number of nitrogens with zero attached hydrogens (tertiary/aromatic N) is 1. The van der Waals surface area contributed by atoms with Gasteiger partial charge in [-0.2, -0.15) is 0 Å². The smallest absolute Gasteiger partial charge is 0.337 e. The molecule has 7 nitrogen and oxygen atoms in total. The van der Waals surface area contributed by atoms with Gasteiger partial charge < -0.3 is 10.4 Å². The molecule has 0 radical (unpaired) electrons. The molecule has 1 saturated heterocycles. The van der Waals surface area contributed by atoms with Crippen molar-refractivity contribution in [1.29, 1.82) is 0 Å². The molecule has 9 heteroatoms. The molecule has 0 unspecified atom stereocenters. The second-order valence-electron chi connectivity index (χ2n) is 5.69. The number of carbonyl (C=O) groups excluding carboxylic acids is 3. The minimum absolute atomic E-state index is 0.00571. The van der Waals surface area contributed by atoms with Crippen LogP contribution in [0.1, 0.15) is 15.9 Å². The predicted octanol–water partition coefficient (Wildman–Crippen LogP) is 3.20. The minimum Gasteiger partial charge on any atom is -0.478 e. The normalized spacial score (nSPS) is 15.2. The molecule has 1 fully saturated rings. The maximum Gasteiger partial charge on any atom is 0.337 e. The number of nitrogens with one attached hydrogen (secondary N) is 1. The van der Waals surface area contributed by atoms with Crippen molar-refractivity contribution in [2.45, 2.75) is 0 Å². The zero-order chi connectivity index (χ0) is 20.3. The zero-order valence-corrected chi connectivity index (χ0v) is 15.0. The molecule has 2 N–H and O–H groups in total. The SMILES string of the molecule is O=C(CN1C(=O)S/C(=C/c2ccccc2F)C1=O)Nc1ccccc1C(=O)O. The molecule has 3 rings (SSSR count). The van der Waals surface area contributed by atoms with E-state index in [2.05, 4.69) is 5.32 Å². The topological polar surface area (TPSA) is 104 Å². The van der Waals surface area contributed by atoms with Crippen LogP contribution in [0.2, 0.25) is 0 Å². The largest absolute Gasteiger partial charge is 0.478 e. The number of para-hydroxylation sites is 1. The first-order chi connectivity index (χ1) is 13.4. The van der Waals surface area contributed by atoms with Gasteiger partial charge >= 0.3 is 5.97 Å². The van der Waals surface area contributed by atoms with Crippen LogP contribution in [-0.4, -0.2) is 39.6 Å². The molecule has 0 saturated carbocycles. The van der Waals surface area contributed by atoms with Crippen molar-refractivity contribution >= 4 is 46.5 Å². The number of carboxylic acid groups (broad SMARTS) is 1. The van der Waals surface area contributed by atoms with Gasteiger partial charge in [0.25, 0.3) is 11.1 Å². The number of halogens is 1. The summed E-state index contributed by atoms with van der Waals surface area (Å²) in [7, 11) is 0. The van der Waals surface area contributed by atoms with Crippen molar-refractivity contribution in [3.05, 3.63) is 70.4 Å². The summed E-state index contributed by atoms with van der Waals surface area (Å²) in [6.45, 7) is -0.590. The number of carboxylic acids is 1. The molecule has 0 spiro atoms. The van der Waals surface area contributed by atoms with Gasteiger partial charge in [-0.3, -0.25) is 19.3 Å². The Morgan fingerprint density at radius 2 is 1.79 bits per heavy atom. The molecule has 0 bridgehead atoms. The number of benzene rings is 2. The number of anilines is 1. The standard InChI is InChI=1S/C19H13FN2O5S/c20-13-7-3-1-5-11(13)9-15-17(24)22(19(27)28-15)10-16(23)21-14-8-4-2-6-12(14)18(25)26/h1-9H,10H2,(H,21,23)(H,25,26)/b15-9+. The Hall–Kier alpha value is -3.46. The van der Waals surface area contributed by atoms with Crippen molar-refractivity contribution in [2.24, 2.45) is 0 Å². The van der Waals surface area contributed by atoms with Gasteiger partial charge in [-0.25, -0.2) is 9.18 Å². The van der Waals surface area contributed by atoms with E-state index >= 15 is 0 Å². The summed E-state index contributed by atoms with van der Waals surface area (Å²) in [5.74, 6) is -3.23. The Kier molecular flexibility index (Phi) is 5.55. The molecule has 0 atom stereocenters. The Morgan fingerprint density at radius 1 is 1.11 bits per heavy atom. The number of carbonyl (C=O) groups is 4. The lowest BCUT2D eigenvalue weighted by Gasteiger charge is -2.13. The summed E-state index contributed by atoms with van der Waals surface area (Å²) >= 11 is 0.599. The Labute approximate surface area is 162 Å². The highest BCUT2D eigenvalue weighted by molar-refractivity contribution is 8.18. The van der Waals surface area contributed by atoms with Crippen LogP contribution in [0.5, 0.6) is 0 Å². The van der Waals surface area contributed by atoms with E-state index in [9.17, 15) is 23.6 Å². The van der Waals surface area contributed by atoms with Crippen LogP contribution >= 0.6 is 11.8 Å². The third kappa shape index (κ3) is 4.09. The van der Waals surface area contributed by atoms with Crippen LogP contribution in [0.15, 0.2) is 53.4 Å². The van der Waals surface area contributed by atoms with E-state index < -0.39 is 35.4 Å². The number of rotatable bonds is 5. The second-order valence-corrected chi connectivity index (χ2v) is 6.68. The van der Waals surface area contributed by atoms with Crippen LogP contribution in [-0.2, 0) is 9.59 Å². The number of thioether (sulfide) groups is 1. The first kappa shape index (κ1) is 19.3. The molecule has 1 aliphatic rings. The van der Waals surface area contributed by atoms with E-state index in [0.717, 1.165) is 4.90 Å². The van der Waals surface area contributed by atoms with Crippen molar-refractivity contribution < 1.29 is 28.7 Å². The van der Waals surface area contributed by atoms with Crippen LogP contribution in [0.25, 0.3) is 6.08 Å². The quantitative estimate of drug-likeness (QED) is 0.747. The highest BCUT2D eigenvalue weighted by atomic mass is 32.2. The Morgan fingerprint density at radius 3 is 2.50 bits per heavy atom. The minimum atomic E-state index is -1.23. The van der Waals surface area contributed by atoms with E-state index in [0.29, 0.717) is 11.8 Å². The van der Waals surface area contributed by atoms with E-state index in [-0.39, 0.29) is 21.7 Å². The Balaban J connectivity index is 1.74. The summed E-state index contributed by atoms with van der Waals surface area (Å²) in [6.07, 6.45) is 1.25. The number of hydrogen-bond donors (Lipinski definition) is 2. The van der Waals surface area contributed by atoms with E-state index in [1.165, 1.54) is 42.5 Å². The summed E-state index contributed by atoms with van der Waals surface area (Å²) in [4.78, 5) is 48.6. The van der Waals surface area contributed by atoms with Crippen LogP contribution in [0, 0.1) is 5.82 Å². The number of aromatic carboxylic acids is 1. The van der Waals surface area contributed by atoms with Gasteiger partial charge in [0.1, 0.15) is 12.4 Å². The van der Waals surface area contributed by atoms with Gasteiger partial charge in [-0.1, -0.05) is 30.3 Å². The summed E-state index contributed by atoms with van der Waals surface area (Å²) in [5.41, 5.74) is 0.0751. The maximum atomic E-state index is 13.7. The highest BCUT2D eigenvalue weighted by Crippen LogP contribution is 2.32. The van der Waals surface area contributed by atoms with E-state index in [4.69, 9.17) is 5.11 Å². The third-order valence-electron chi connectivity index (χ3n) is 3.80. The van der Waals surface area contributed by atoms with Gasteiger partial charge in [0.15, 0.2) is 0 Å². The highest BCUT2D eigenvalue weighted by Gasteiger charge is 2.36. The number of hydrogen-bond acceptors (Lipinski definition) is 5. The monoisotopic (exact) mass is 400 g/mol. The molecule has 142 valence electrons. The summed E-state index contributed by atoms with van der Waals surface area (Å²) < 4.78 is 13.7. The van der Waals surface area contributed by atoms with Gasteiger partial charge in [-0.15, -0.1) is 0 Å². The average molecular weight is 400 g/mol. The van der Waals surface area contributed by atoms with Gasteiger partial charge in [0.05, 0.1) is 16.2 Å². The van der Waals surface area contributed by atoms with Gasteiger partial charge in [-0.05, 0) is 36.0 Å². The molecule has 2 aromatic rings. The molecule has 1 aliphatic heterocycles. The molecular formula is C19H13FN2O5S. The lowest BCUT2D eigenvalue weighted by molar-refractivity contribution is -0.127. The van der Waals surface area contributed by atoms with Gasteiger partial charge in [0.2, 0.25) is 5.91 Å². The average Bonchev–Trinajstić information content (AvgIpc) is 2.91. The molecule has 1 heterocycles. The van der Waals surface area contributed by atoms with Crippen molar-refractivity contribution in [2.75, 3.05) is 11.9 Å². The first-order valence-corrected chi connectivity index (χ1v) is 8.80. The van der Waals surface area contributed by atoms with Gasteiger partial charge in [0, 0.05) is 5.56 Å². The molecule has 2 aromatic carbocycles. The fraction of sp³-hybridized carbons (Fsp3) is 0.0526. The first-order valence-electron chi connectivity index (χ1n) is 7.99. The molecule has 3 amide bonds. The lowest BCUT2D eigenvalue weighted by atomic mass is 10.2. The molecule has 0 aromatic heterocycles.